The van der Waals surface area contributed by atoms with E-state index in [9.17, 15) is 4.79 Å². The first-order chi connectivity index (χ1) is 15.2. The number of fused-ring (bicyclic) bond motifs is 5. The van der Waals surface area contributed by atoms with Crippen LogP contribution in [0.25, 0.3) is 20.4 Å². The molecule has 164 valence electrons. The first kappa shape index (κ1) is 20.9. The molecule has 1 saturated heterocycles. The third-order valence-electron chi connectivity index (χ3n) is 6.07. The van der Waals surface area contributed by atoms with Crippen molar-refractivity contribution in [3.8, 4) is 0 Å². The zero-order valence-corrected chi connectivity index (χ0v) is 19.5. The van der Waals surface area contributed by atoms with Crippen LogP contribution in [0.4, 0.5) is 5.82 Å². The lowest BCUT2D eigenvalue weighted by Crippen LogP contribution is -2.37. The average molecular weight is 459 g/mol. The number of morpholine rings is 1. The van der Waals surface area contributed by atoms with Gasteiger partial charge >= 0.3 is 5.97 Å². The number of pyridine rings is 1. The smallest absolute Gasteiger partial charge is 0.319 e. The van der Waals surface area contributed by atoms with Crippen LogP contribution in [-0.4, -0.2) is 59.6 Å². The molecule has 4 heterocycles. The van der Waals surface area contributed by atoms with E-state index in [1.54, 1.807) is 17.7 Å². The second kappa shape index (κ2) is 8.88. The van der Waals surface area contributed by atoms with Crippen LogP contribution in [0.1, 0.15) is 37.3 Å². The number of methoxy groups -OCH3 is 1. The Morgan fingerprint density at radius 2 is 2.03 bits per heavy atom. The van der Waals surface area contributed by atoms with Crippen LogP contribution >= 0.6 is 23.1 Å². The molecule has 0 saturated carbocycles. The lowest BCUT2D eigenvalue weighted by atomic mass is 9.90. The minimum atomic E-state index is -0.279. The van der Waals surface area contributed by atoms with Gasteiger partial charge in [0.15, 0.2) is 0 Å². The molecule has 1 aliphatic heterocycles. The number of aromatic nitrogens is 3. The van der Waals surface area contributed by atoms with Gasteiger partial charge in [0.1, 0.15) is 27.3 Å². The van der Waals surface area contributed by atoms with Crippen LogP contribution in [0.3, 0.4) is 0 Å². The van der Waals surface area contributed by atoms with E-state index in [2.05, 4.69) is 14.9 Å². The lowest BCUT2D eigenvalue weighted by Gasteiger charge is -2.31. The van der Waals surface area contributed by atoms with E-state index < -0.39 is 0 Å². The zero-order valence-electron chi connectivity index (χ0n) is 17.8. The lowest BCUT2D eigenvalue weighted by molar-refractivity contribution is -0.140. The van der Waals surface area contributed by atoms with Crippen molar-refractivity contribution >= 4 is 55.3 Å². The fourth-order valence-electron chi connectivity index (χ4n) is 4.50. The van der Waals surface area contributed by atoms with Crippen LogP contribution in [0.15, 0.2) is 11.4 Å². The average Bonchev–Trinajstić information content (AvgIpc) is 3.21. The molecule has 0 amide bonds. The number of esters is 1. The predicted octanol–water partition coefficient (Wildman–Crippen LogP) is 4.00. The summed E-state index contributed by atoms with van der Waals surface area (Å²) in [6, 6.07) is 0. The van der Waals surface area contributed by atoms with Crippen molar-refractivity contribution < 1.29 is 14.3 Å². The number of hydrogen-bond acceptors (Lipinski definition) is 9. The number of thiophene rings is 1. The number of rotatable bonds is 5. The van der Waals surface area contributed by atoms with Crippen molar-refractivity contribution in [2.75, 3.05) is 38.3 Å². The number of nitrogens with zero attached hydrogens (tertiary/aromatic N) is 4. The maximum Gasteiger partial charge on any atom is 0.319 e. The summed E-state index contributed by atoms with van der Waals surface area (Å²) in [5, 5.41) is 1.74. The monoisotopic (exact) mass is 458 g/mol. The Morgan fingerprint density at radius 3 is 2.77 bits per heavy atom. The Bertz CT molecular complexity index is 1130. The largest absolute Gasteiger partial charge is 0.468 e. The quantitative estimate of drug-likeness (QED) is 0.323. The van der Waals surface area contributed by atoms with Gasteiger partial charge in [-0.25, -0.2) is 15.0 Å². The van der Waals surface area contributed by atoms with Crippen molar-refractivity contribution in [1.29, 1.82) is 0 Å². The van der Waals surface area contributed by atoms with Gasteiger partial charge in [0, 0.05) is 18.5 Å². The highest BCUT2D eigenvalue weighted by molar-refractivity contribution is 8.00. The van der Waals surface area contributed by atoms with E-state index in [1.165, 1.54) is 48.2 Å². The summed E-state index contributed by atoms with van der Waals surface area (Å²) in [6.07, 6.45) is 6.82. The molecule has 7 nitrogen and oxygen atoms in total. The van der Waals surface area contributed by atoms with E-state index in [0.29, 0.717) is 6.42 Å². The Kier molecular flexibility index (Phi) is 5.99. The summed E-state index contributed by atoms with van der Waals surface area (Å²) >= 11 is 3.11. The van der Waals surface area contributed by atoms with Gasteiger partial charge in [-0.1, -0.05) is 18.7 Å². The molecule has 0 bridgehead atoms. The van der Waals surface area contributed by atoms with Crippen LogP contribution in [0.2, 0.25) is 0 Å². The third kappa shape index (κ3) is 3.76. The number of anilines is 1. The second-order valence-electron chi connectivity index (χ2n) is 7.88. The van der Waals surface area contributed by atoms with E-state index in [4.69, 9.17) is 14.5 Å². The second-order valence-corrected chi connectivity index (χ2v) is 10.1. The Labute approximate surface area is 189 Å². The van der Waals surface area contributed by atoms with E-state index in [-0.39, 0.29) is 11.2 Å². The molecule has 0 aromatic carbocycles. The topological polar surface area (TPSA) is 77.4 Å². The SMILES string of the molecule is CC[C@@H](Sc1ncnc2c1sc1nc(N3CCOCC3)c3c(c12)CCCC3)C(=O)OC. The highest BCUT2D eigenvalue weighted by Gasteiger charge is 2.27. The first-order valence-corrected chi connectivity index (χ1v) is 12.6. The number of thioether (sulfide) groups is 1. The highest BCUT2D eigenvalue weighted by atomic mass is 32.2. The number of carbonyl (C=O) groups excluding carboxylic acids is 1. The molecular weight excluding hydrogens is 432 g/mol. The fraction of sp³-hybridized carbons (Fsp3) is 0.545. The fourth-order valence-corrected chi connectivity index (χ4v) is 6.75. The number of carbonyl (C=O) groups is 1. The van der Waals surface area contributed by atoms with Crippen molar-refractivity contribution in [1.82, 2.24) is 15.0 Å². The van der Waals surface area contributed by atoms with E-state index in [1.807, 2.05) is 6.92 Å². The molecule has 0 unspecified atom stereocenters. The van der Waals surface area contributed by atoms with Crippen LogP contribution in [-0.2, 0) is 27.1 Å². The van der Waals surface area contributed by atoms with Crippen molar-refractivity contribution in [3.05, 3.63) is 17.5 Å². The van der Waals surface area contributed by atoms with Crippen LogP contribution < -0.4 is 4.90 Å². The summed E-state index contributed by atoms with van der Waals surface area (Å²) in [5.41, 5.74) is 3.75. The number of aryl methyl sites for hydroxylation is 1. The first-order valence-electron chi connectivity index (χ1n) is 10.9. The summed E-state index contributed by atoms with van der Waals surface area (Å²) in [7, 11) is 1.43. The molecule has 5 rings (SSSR count). The standard InChI is InChI=1S/C22H26N4O3S2/c1-3-15(22(27)28-2)30-21-18-17(23-12-24-21)16-13-6-4-5-7-14(13)19(25-20(16)31-18)26-8-10-29-11-9-26/h12,15H,3-11H2,1-2H3/t15-/m1/s1. The maximum absolute atomic E-state index is 12.2. The molecule has 0 radical (unpaired) electrons. The summed E-state index contributed by atoms with van der Waals surface area (Å²) < 4.78 is 11.6. The highest BCUT2D eigenvalue weighted by Crippen LogP contribution is 2.44. The predicted molar refractivity (Wildman–Crippen MR) is 124 cm³/mol. The van der Waals surface area contributed by atoms with Gasteiger partial charge in [-0.05, 0) is 43.2 Å². The minimum absolute atomic E-state index is 0.217. The molecule has 1 fully saturated rings. The Morgan fingerprint density at radius 1 is 1.26 bits per heavy atom. The van der Waals surface area contributed by atoms with Gasteiger partial charge in [-0.15, -0.1) is 11.3 Å². The van der Waals surface area contributed by atoms with Gasteiger partial charge in [-0.2, -0.15) is 0 Å². The molecule has 2 aliphatic rings. The van der Waals surface area contributed by atoms with Gasteiger partial charge in [0.05, 0.1) is 30.5 Å². The summed E-state index contributed by atoms with van der Waals surface area (Å²) in [4.78, 5) is 29.9. The zero-order chi connectivity index (χ0) is 21.4. The van der Waals surface area contributed by atoms with E-state index in [0.717, 1.165) is 65.0 Å². The molecule has 3 aromatic heterocycles. The van der Waals surface area contributed by atoms with Crippen molar-refractivity contribution in [3.63, 3.8) is 0 Å². The molecular formula is C22H26N4O3S2. The summed E-state index contributed by atoms with van der Waals surface area (Å²) in [6.45, 7) is 5.25. The van der Waals surface area contributed by atoms with Crippen LogP contribution in [0.5, 0.6) is 0 Å². The molecule has 9 heteroatoms. The van der Waals surface area contributed by atoms with Gasteiger partial charge in [0.25, 0.3) is 0 Å². The van der Waals surface area contributed by atoms with E-state index >= 15 is 0 Å². The van der Waals surface area contributed by atoms with Gasteiger partial charge in [-0.3, -0.25) is 4.79 Å². The van der Waals surface area contributed by atoms with Gasteiger partial charge < -0.3 is 14.4 Å². The molecule has 31 heavy (non-hydrogen) atoms. The Hall–Kier alpha value is -1.97. The van der Waals surface area contributed by atoms with Gasteiger partial charge in [0.2, 0.25) is 0 Å². The number of ether oxygens (including phenoxy) is 2. The molecule has 0 spiro atoms. The normalized spacial score (nSPS) is 17.7. The molecule has 1 atom stereocenters. The Balaban J connectivity index is 1.67. The molecule has 3 aromatic rings. The van der Waals surface area contributed by atoms with Crippen molar-refractivity contribution in [2.45, 2.75) is 49.3 Å². The molecule has 0 N–H and O–H groups in total. The van der Waals surface area contributed by atoms with Crippen molar-refractivity contribution in [2.24, 2.45) is 0 Å². The summed E-state index contributed by atoms with van der Waals surface area (Å²) in [5.74, 6) is 0.908. The maximum atomic E-state index is 12.2. The third-order valence-corrected chi connectivity index (χ3v) is 8.62. The minimum Gasteiger partial charge on any atom is -0.468 e. The van der Waals surface area contributed by atoms with Crippen LogP contribution in [0, 0.1) is 0 Å². The number of hydrogen-bond donors (Lipinski definition) is 0. The molecule has 1 aliphatic carbocycles.